The average Bonchev–Trinajstić information content (AvgIpc) is 3.13. The molecule has 0 radical (unpaired) electrons. The summed E-state index contributed by atoms with van der Waals surface area (Å²) in [5.41, 5.74) is 2.04. The van der Waals surface area contributed by atoms with Crippen LogP contribution >= 0.6 is 11.6 Å². The molecule has 0 unspecified atom stereocenters. The first-order valence-electron chi connectivity index (χ1n) is 9.58. The van der Waals surface area contributed by atoms with Crippen LogP contribution in [0.15, 0.2) is 36.4 Å². The average molecular weight is 416 g/mol. The number of hydrogen-bond donors (Lipinski definition) is 2. The molecule has 2 N–H and O–H groups in total. The number of amides is 2. The third-order valence-electron chi connectivity index (χ3n) is 4.90. The standard InChI is InChI=1S/C21H22ClN3O4/c1-13(21(27)24-15-5-7-18-19(12-15)29-10-9-28-18)23-14-4-6-17(16(22)11-14)25-8-2-3-20(25)26/h4-7,11-13,23H,2-3,8-10H2,1H3,(H,24,27)/t13-/m0/s1. The lowest BCUT2D eigenvalue weighted by Gasteiger charge is -2.21. The molecule has 152 valence electrons. The lowest BCUT2D eigenvalue weighted by atomic mass is 10.2. The van der Waals surface area contributed by atoms with E-state index in [-0.39, 0.29) is 11.8 Å². The SMILES string of the molecule is C[C@H](Nc1ccc(N2CCCC2=O)c(Cl)c1)C(=O)Nc1ccc2c(c1)OCCO2. The van der Waals surface area contributed by atoms with Crippen LogP contribution in [-0.4, -0.2) is 37.6 Å². The van der Waals surface area contributed by atoms with Crippen molar-refractivity contribution in [2.24, 2.45) is 0 Å². The molecule has 0 spiro atoms. The predicted molar refractivity (Wildman–Crippen MR) is 112 cm³/mol. The van der Waals surface area contributed by atoms with Gasteiger partial charge in [0.2, 0.25) is 11.8 Å². The number of carbonyl (C=O) groups excluding carboxylic acids is 2. The first-order valence-corrected chi connectivity index (χ1v) is 9.96. The number of benzene rings is 2. The van der Waals surface area contributed by atoms with E-state index in [1.54, 1.807) is 42.2 Å². The Bertz CT molecular complexity index is 950. The lowest BCUT2D eigenvalue weighted by Crippen LogP contribution is -2.32. The Hall–Kier alpha value is -2.93. The fraction of sp³-hybridized carbons (Fsp3) is 0.333. The predicted octanol–water partition coefficient (Wildman–Crippen LogP) is 3.68. The van der Waals surface area contributed by atoms with Gasteiger partial charge in [0.15, 0.2) is 11.5 Å². The minimum Gasteiger partial charge on any atom is -0.486 e. The third kappa shape index (κ3) is 4.24. The molecule has 4 rings (SSSR count). The molecule has 2 amide bonds. The van der Waals surface area contributed by atoms with Gasteiger partial charge in [-0.15, -0.1) is 0 Å². The Balaban J connectivity index is 1.39. The number of hydrogen-bond acceptors (Lipinski definition) is 5. The largest absolute Gasteiger partial charge is 0.486 e. The van der Waals surface area contributed by atoms with Gasteiger partial charge in [0.25, 0.3) is 0 Å². The molecule has 2 aromatic carbocycles. The van der Waals surface area contributed by atoms with Crippen LogP contribution in [0.1, 0.15) is 19.8 Å². The maximum atomic E-state index is 12.6. The van der Waals surface area contributed by atoms with Gasteiger partial charge >= 0.3 is 0 Å². The normalized spacial score (nSPS) is 16.5. The maximum Gasteiger partial charge on any atom is 0.246 e. The summed E-state index contributed by atoms with van der Waals surface area (Å²) in [6.45, 7) is 3.45. The van der Waals surface area contributed by atoms with Gasteiger partial charge in [-0.2, -0.15) is 0 Å². The Kier molecular flexibility index (Phi) is 5.49. The highest BCUT2D eigenvalue weighted by Gasteiger charge is 2.24. The van der Waals surface area contributed by atoms with Crippen LogP contribution in [0.5, 0.6) is 11.5 Å². The van der Waals surface area contributed by atoms with Crippen molar-refractivity contribution in [3.05, 3.63) is 41.4 Å². The molecule has 2 heterocycles. The second kappa shape index (κ2) is 8.21. The molecular formula is C21H22ClN3O4. The van der Waals surface area contributed by atoms with Crippen molar-refractivity contribution in [2.45, 2.75) is 25.8 Å². The van der Waals surface area contributed by atoms with Gasteiger partial charge in [-0.25, -0.2) is 0 Å². The van der Waals surface area contributed by atoms with Crippen LogP contribution in [0.3, 0.4) is 0 Å². The molecule has 2 aromatic rings. The number of nitrogens with one attached hydrogen (secondary N) is 2. The zero-order valence-corrected chi connectivity index (χ0v) is 16.8. The highest BCUT2D eigenvalue weighted by molar-refractivity contribution is 6.34. The van der Waals surface area contributed by atoms with Crippen molar-refractivity contribution in [2.75, 3.05) is 35.3 Å². The van der Waals surface area contributed by atoms with Crippen molar-refractivity contribution >= 4 is 40.5 Å². The van der Waals surface area contributed by atoms with Crippen molar-refractivity contribution in [3.63, 3.8) is 0 Å². The van der Waals surface area contributed by atoms with Gasteiger partial charge < -0.3 is 25.0 Å². The Labute approximate surface area is 173 Å². The smallest absolute Gasteiger partial charge is 0.246 e. The van der Waals surface area contributed by atoms with Gasteiger partial charge in [0.1, 0.15) is 19.3 Å². The second-order valence-corrected chi connectivity index (χ2v) is 7.44. The number of halogens is 1. The highest BCUT2D eigenvalue weighted by Crippen LogP contribution is 2.33. The fourth-order valence-corrected chi connectivity index (χ4v) is 3.69. The molecule has 1 saturated heterocycles. The van der Waals surface area contributed by atoms with Crippen molar-refractivity contribution in [1.29, 1.82) is 0 Å². The lowest BCUT2D eigenvalue weighted by molar-refractivity contribution is -0.117. The molecule has 29 heavy (non-hydrogen) atoms. The molecular weight excluding hydrogens is 394 g/mol. The number of carbonyl (C=O) groups is 2. The van der Waals surface area contributed by atoms with Crippen LogP contribution in [0.2, 0.25) is 5.02 Å². The van der Waals surface area contributed by atoms with E-state index in [0.29, 0.717) is 59.8 Å². The zero-order chi connectivity index (χ0) is 20.4. The molecule has 0 aromatic heterocycles. The number of rotatable bonds is 5. The highest BCUT2D eigenvalue weighted by atomic mass is 35.5. The summed E-state index contributed by atoms with van der Waals surface area (Å²) in [6, 6.07) is 10.2. The van der Waals surface area contributed by atoms with Gasteiger partial charge in [0, 0.05) is 30.4 Å². The first kappa shape index (κ1) is 19.4. The van der Waals surface area contributed by atoms with Crippen LogP contribution in [0.4, 0.5) is 17.1 Å². The van der Waals surface area contributed by atoms with Gasteiger partial charge in [-0.3, -0.25) is 9.59 Å². The third-order valence-corrected chi connectivity index (χ3v) is 5.20. The number of anilines is 3. The van der Waals surface area contributed by atoms with Crippen LogP contribution < -0.4 is 25.0 Å². The Morgan fingerprint density at radius 3 is 2.59 bits per heavy atom. The molecule has 0 saturated carbocycles. The Morgan fingerprint density at radius 2 is 1.86 bits per heavy atom. The van der Waals surface area contributed by atoms with E-state index in [0.717, 1.165) is 6.42 Å². The summed E-state index contributed by atoms with van der Waals surface area (Å²) in [6.07, 6.45) is 1.39. The summed E-state index contributed by atoms with van der Waals surface area (Å²) in [5.74, 6) is 1.18. The molecule has 0 bridgehead atoms. The van der Waals surface area contributed by atoms with E-state index in [4.69, 9.17) is 21.1 Å². The molecule has 2 aliphatic rings. The Morgan fingerprint density at radius 1 is 1.10 bits per heavy atom. The van der Waals surface area contributed by atoms with E-state index in [1.807, 2.05) is 6.07 Å². The minimum atomic E-state index is -0.501. The van der Waals surface area contributed by atoms with Crippen molar-refractivity contribution < 1.29 is 19.1 Å². The summed E-state index contributed by atoms with van der Waals surface area (Å²) in [5, 5.41) is 6.48. The summed E-state index contributed by atoms with van der Waals surface area (Å²) in [7, 11) is 0. The number of ether oxygens (including phenoxy) is 2. The quantitative estimate of drug-likeness (QED) is 0.778. The van der Waals surface area contributed by atoms with E-state index < -0.39 is 6.04 Å². The summed E-state index contributed by atoms with van der Waals surface area (Å²) < 4.78 is 11.0. The summed E-state index contributed by atoms with van der Waals surface area (Å²) >= 11 is 6.37. The molecule has 1 fully saturated rings. The zero-order valence-electron chi connectivity index (χ0n) is 16.0. The molecule has 8 heteroatoms. The maximum absolute atomic E-state index is 12.6. The number of fused-ring (bicyclic) bond motifs is 1. The van der Waals surface area contributed by atoms with E-state index in [2.05, 4.69) is 10.6 Å². The van der Waals surface area contributed by atoms with E-state index >= 15 is 0 Å². The fourth-order valence-electron chi connectivity index (χ4n) is 3.41. The topological polar surface area (TPSA) is 79.9 Å². The second-order valence-electron chi connectivity index (χ2n) is 7.03. The van der Waals surface area contributed by atoms with Crippen LogP contribution in [0, 0.1) is 0 Å². The van der Waals surface area contributed by atoms with E-state index in [1.165, 1.54) is 0 Å². The monoisotopic (exact) mass is 415 g/mol. The van der Waals surface area contributed by atoms with E-state index in [9.17, 15) is 9.59 Å². The van der Waals surface area contributed by atoms with Crippen molar-refractivity contribution in [1.82, 2.24) is 0 Å². The summed E-state index contributed by atoms with van der Waals surface area (Å²) in [4.78, 5) is 26.2. The van der Waals surface area contributed by atoms with Crippen LogP contribution in [0.25, 0.3) is 0 Å². The molecule has 7 nitrogen and oxygen atoms in total. The van der Waals surface area contributed by atoms with Gasteiger partial charge in [-0.05, 0) is 43.7 Å². The van der Waals surface area contributed by atoms with Crippen molar-refractivity contribution in [3.8, 4) is 11.5 Å². The molecule has 0 aliphatic carbocycles. The van der Waals surface area contributed by atoms with Crippen LogP contribution in [-0.2, 0) is 9.59 Å². The molecule has 2 aliphatic heterocycles. The minimum absolute atomic E-state index is 0.0831. The first-order chi connectivity index (χ1) is 14.0. The van der Waals surface area contributed by atoms with Gasteiger partial charge in [-0.1, -0.05) is 11.6 Å². The number of nitrogens with zero attached hydrogens (tertiary/aromatic N) is 1. The molecule has 1 atom stereocenters. The van der Waals surface area contributed by atoms with Gasteiger partial charge in [0.05, 0.1) is 10.7 Å².